The molecule has 0 aliphatic carbocycles. The summed E-state index contributed by atoms with van der Waals surface area (Å²) < 4.78 is 24.1. The number of methoxy groups -OCH3 is 1. The van der Waals surface area contributed by atoms with E-state index in [1.807, 2.05) is 19.1 Å². The first kappa shape index (κ1) is 23.8. The molecule has 0 aromatic heterocycles. The van der Waals surface area contributed by atoms with Crippen molar-refractivity contribution in [2.45, 2.75) is 29.6 Å². The minimum absolute atomic E-state index is 0.0134. The highest BCUT2D eigenvalue weighted by Crippen LogP contribution is 2.44. The van der Waals surface area contributed by atoms with Crippen LogP contribution in [0.4, 0.5) is 4.39 Å². The molecule has 5 rings (SSSR count). The number of esters is 1. The molecular weight excluding hydrogens is 453 g/mol. The van der Waals surface area contributed by atoms with E-state index in [0.717, 1.165) is 0 Å². The number of hydrogen-bond acceptors (Lipinski definition) is 5. The Morgan fingerprint density at radius 1 is 1.00 bits per heavy atom. The number of hydrogen-bond donors (Lipinski definition) is 0. The van der Waals surface area contributed by atoms with Gasteiger partial charge in [-0.05, 0) is 30.2 Å². The lowest BCUT2D eigenvalue weighted by molar-refractivity contribution is -0.166. The van der Waals surface area contributed by atoms with Crippen LogP contribution in [-0.2, 0) is 14.3 Å². The fraction of sp³-hybridized carbons (Fsp3) is 0.259. The molecule has 0 N–H and O–H groups in total. The van der Waals surface area contributed by atoms with Crippen molar-refractivity contribution in [2.75, 3.05) is 13.7 Å². The number of carbonyl (C=O) groups is 2. The molecule has 0 saturated carbocycles. The molecule has 34 heavy (non-hydrogen) atoms. The highest BCUT2D eigenvalue weighted by Gasteiger charge is 2.58. The molecule has 3 aromatic rings. The van der Waals surface area contributed by atoms with Crippen LogP contribution in [0.2, 0.25) is 0 Å². The Morgan fingerprint density at radius 2 is 1.62 bits per heavy atom. The Balaban J connectivity index is 0.000000192. The van der Waals surface area contributed by atoms with Crippen molar-refractivity contribution < 1.29 is 23.5 Å². The van der Waals surface area contributed by atoms with Crippen molar-refractivity contribution in [3.05, 3.63) is 90.7 Å². The van der Waals surface area contributed by atoms with Gasteiger partial charge in [0, 0.05) is 6.07 Å². The summed E-state index contributed by atoms with van der Waals surface area (Å²) in [6.45, 7) is 1.98. The highest BCUT2D eigenvalue weighted by molar-refractivity contribution is 8.00. The van der Waals surface area contributed by atoms with E-state index in [2.05, 4.69) is 48.5 Å². The number of ether oxygens (including phenoxy) is 2. The minimum atomic E-state index is -1.33. The Bertz CT molecular complexity index is 1110. The molecular formula is C27H26FNO4S. The van der Waals surface area contributed by atoms with Gasteiger partial charge in [0.15, 0.2) is 0 Å². The molecule has 7 heteroatoms. The average Bonchev–Trinajstić information content (AvgIpc) is 2.86. The Morgan fingerprint density at radius 3 is 2.15 bits per heavy atom. The molecule has 2 heterocycles. The van der Waals surface area contributed by atoms with Crippen molar-refractivity contribution in [2.24, 2.45) is 0 Å². The zero-order valence-electron chi connectivity index (χ0n) is 19.0. The number of amides is 1. The first-order chi connectivity index (χ1) is 16.4. The monoisotopic (exact) mass is 479 g/mol. The van der Waals surface area contributed by atoms with Crippen molar-refractivity contribution in [3.63, 3.8) is 0 Å². The van der Waals surface area contributed by atoms with Gasteiger partial charge < -0.3 is 14.4 Å². The first-order valence-electron chi connectivity index (χ1n) is 11.0. The number of fused-ring (bicyclic) bond motifs is 1. The van der Waals surface area contributed by atoms with Crippen LogP contribution in [0.25, 0.3) is 11.1 Å². The number of nitrogens with zero attached hydrogens (tertiary/aromatic N) is 1. The minimum Gasteiger partial charge on any atom is -0.472 e. The smallest absolute Gasteiger partial charge is 0.353 e. The highest BCUT2D eigenvalue weighted by atomic mass is 32.2. The van der Waals surface area contributed by atoms with E-state index >= 15 is 0 Å². The number of benzene rings is 3. The normalized spacial score (nSPS) is 23.0. The van der Waals surface area contributed by atoms with Crippen LogP contribution in [-0.4, -0.2) is 46.7 Å². The van der Waals surface area contributed by atoms with Gasteiger partial charge in [-0.15, -0.1) is 11.8 Å². The topological polar surface area (TPSA) is 55.8 Å². The quantitative estimate of drug-likeness (QED) is 0.382. The van der Waals surface area contributed by atoms with Crippen LogP contribution in [0.3, 0.4) is 0 Å². The molecule has 2 aliphatic heterocycles. The molecule has 5 nitrogen and oxygen atoms in total. The molecule has 0 spiro atoms. The van der Waals surface area contributed by atoms with Crippen molar-refractivity contribution in [1.29, 1.82) is 0 Å². The maximum atomic E-state index is 13.4. The Hall–Kier alpha value is -3.32. The van der Waals surface area contributed by atoms with Crippen LogP contribution in [0.15, 0.2) is 84.9 Å². The Labute approximate surface area is 202 Å². The average molecular weight is 480 g/mol. The summed E-state index contributed by atoms with van der Waals surface area (Å²) in [5.41, 5.74) is 1.22. The standard InChI is InChI=1S/C15H16FNO4S.C12H10/c1-9-15(14(19)20-2,8-17-12(18)7-13(17)22-9)21-11-5-3-4-10(16)6-11;1-3-7-11(8-4-1)12-9-5-2-6-10-12/h3-6,9,13H,7-8H2,1-2H3;1-10H/t9?,13-,15?;/m1./s1. The van der Waals surface area contributed by atoms with E-state index in [9.17, 15) is 14.0 Å². The lowest BCUT2D eigenvalue weighted by Gasteiger charge is -2.52. The van der Waals surface area contributed by atoms with Crippen LogP contribution in [0, 0.1) is 5.82 Å². The van der Waals surface area contributed by atoms with Gasteiger partial charge >= 0.3 is 5.97 Å². The van der Waals surface area contributed by atoms with Gasteiger partial charge in [0.25, 0.3) is 0 Å². The molecule has 0 bridgehead atoms. The molecule has 3 atom stereocenters. The van der Waals surface area contributed by atoms with Gasteiger partial charge in [-0.3, -0.25) is 4.79 Å². The van der Waals surface area contributed by atoms with E-state index in [1.165, 1.54) is 48.2 Å². The van der Waals surface area contributed by atoms with Crippen LogP contribution >= 0.6 is 11.8 Å². The van der Waals surface area contributed by atoms with Gasteiger partial charge in [0.1, 0.15) is 11.6 Å². The summed E-state index contributed by atoms with van der Waals surface area (Å²) in [5.74, 6) is -0.786. The summed E-state index contributed by atoms with van der Waals surface area (Å²) in [6, 6.07) is 26.4. The van der Waals surface area contributed by atoms with Gasteiger partial charge in [-0.25, -0.2) is 9.18 Å². The second-order valence-electron chi connectivity index (χ2n) is 8.13. The van der Waals surface area contributed by atoms with E-state index in [1.54, 1.807) is 11.0 Å². The summed E-state index contributed by atoms with van der Waals surface area (Å²) in [7, 11) is 1.28. The second-order valence-corrected chi connectivity index (χ2v) is 9.65. The second kappa shape index (κ2) is 10.3. The maximum Gasteiger partial charge on any atom is 0.353 e. The molecule has 2 aliphatic rings. The van der Waals surface area contributed by atoms with Crippen LogP contribution in [0.1, 0.15) is 13.3 Å². The predicted octanol–water partition coefficient (Wildman–Crippen LogP) is 5.16. The van der Waals surface area contributed by atoms with Crippen molar-refractivity contribution >= 4 is 23.6 Å². The fourth-order valence-corrected chi connectivity index (χ4v) is 5.51. The van der Waals surface area contributed by atoms with Gasteiger partial charge in [-0.2, -0.15) is 0 Å². The molecule has 2 unspecified atom stereocenters. The number of carbonyl (C=O) groups excluding carboxylic acids is 2. The summed E-state index contributed by atoms with van der Waals surface area (Å²) in [6.07, 6.45) is 0.478. The van der Waals surface area contributed by atoms with Crippen LogP contribution in [0.5, 0.6) is 5.75 Å². The molecule has 2 saturated heterocycles. The lowest BCUT2D eigenvalue weighted by atomic mass is 9.96. The predicted molar refractivity (Wildman–Crippen MR) is 131 cm³/mol. The molecule has 0 radical (unpaired) electrons. The SMILES string of the molecule is COC(=O)C1(Oc2cccc(F)c2)CN2C(=O)C[C@H]2SC1C.c1ccc(-c2ccccc2)cc1. The van der Waals surface area contributed by atoms with E-state index in [-0.39, 0.29) is 28.8 Å². The van der Waals surface area contributed by atoms with E-state index < -0.39 is 17.4 Å². The summed E-state index contributed by atoms with van der Waals surface area (Å²) in [4.78, 5) is 25.7. The number of thioether (sulfide) groups is 1. The third-order valence-electron chi connectivity index (χ3n) is 5.95. The summed E-state index contributed by atoms with van der Waals surface area (Å²) in [5, 5.41) is -0.144. The van der Waals surface area contributed by atoms with E-state index in [4.69, 9.17) is 9.47 Å². The van der Waals surface area contributed by atoms with Gasteiger partial charge in [-0.1, -0.05) is 66.7 Å². The molecule has 176 valence electrons. The molecule has 3 aromatic carbocycles. The largest absolute Gasteiger partial charge is 0.472 e. The first-order valence-corrected chi connectivity index (χ1v) is 12.0. The van der Waals surface area contributed by atoms with Crippen molar-refractivity contribution in [3.8, 4) is 16.9 Å². The number of halogens is 1. The molecule has 1 amide bonds. The van der Waals surface area contributed by atoms with Crippen molar-refractivity contribution in [1.82, 2.24) is 4.90 Å². The zero-order chi connectivity index (χ0) is 24.1. The van der Waals surface area contributed by atoms with Crippen LogP contribution < -0.4 is 4.74 Å². The lowest BCUT2D eigenvalue weighted by Crippen LogP contribution is -2.69. The fourth-order valence-electron chi connectivity index (χ4n) is 4.03. The van der Waals surface area contributed by atoms with Gasteiger partial charge in [0.2, 0.25) is 11.5 Å². The zero-order valence-corrected chi connectivity index (χ0v) is 19.8. The summed E-state index contributed by atoms with van der Waals surface area (Å²) >= 11 is 1.50. The maximum absolute atomic E-state index is 13.4. The third kappa shape index (κ3) is 4.94. The third-order valence-corrected chi connectivity index (χ3v) is 7.47. The molecule has 2 fully saturated rings. The van der Waals surface area contributed by atoms with E-state index in [0.29, 0.717) is 6.42 Å². The number of rotatable bonds is 4. The Kier molecular flexibility index (Phi) is 7.22. The number of β-lactam (4-membered cyclic amide) rings is 1. The van der Waals surface area contributed by atoms with Gasteiger partial charge in [0.05, 0.1) is 30.7 Å².